The second-order valence-electron chi connectivity index (χ2n) is 5.53. The molecule has 2 N–H and O–H groups in total. The highest BCUT2D eigenvalue weighted by atomic mass is 35.5. The minimum atomic E-state index is -0.482. The number of carbonyl (C=O) groups is 1. The van der Waals surface area contributed by atoms with Gasteiger partial charge in [0.2, 0.25) is 5.91 Å². The third-order valence-corrected chi connectivity index (χ3v) is 4.33. The minimum absolute atomic E-state index is 0.0983. The van der Waals surface area contributed by atoms with Gasteiger partial charge in [-0.3, -0.25) is 4.79 Å². The van der Waals surface area contributed by atoms with Crippen LogP contribution in [0.3, 0.4) is 0 Å². The quantitative estimate of drug-likeness (QED) is 0.842. The van der Waals surface area contributed by atoms with Crippen molar-refractivity contribution < 1.29 is 19.0 Å². The van der Waals surface area contributed by atoms with Crippen LogP contribution in [0.15, 0.2) is 18.2 Å². The van der Waals surface area contributed by atoms with E-state index in [1.807, 2.05) is 0 Å². The lowest BCUT2D eigenvalue weighted by Gasteiger charge is -2.26. The van der Waals surface area contributed by atoms with Gasteiger partial charge in [-0.25, -0.2) is 4.39 Å². The molecule has 1 amide bonds. The Bertz CT molecular complexity index is 486. The van der Waals surface area contributed by atoms with Crippen LogP contribution in [0, 0.1) is 11.7 Å². The Hall–Kier alpha value is -1.17. The number of ether oxygens (including phenoxy) is 1. The lowest BCUT2D eigenvalue weighted by atomic mass is 9.92. The van der Waals surface area contributed by atoms with Crippen molar-refractivity contribution in [1.29, 1.82) is 0 Å². The van der Waals surface area contributed by atoms with E-state index < -0.39 is 11.9 Å². The first-order chi connectivity index (χ1) is 10.6. The molecule has 2 rings (SSSR count). The maximum Gasteiger partial charge on any atom is 0.224 e. The van der Waals surface area contributed by atoms with Gasteiger partial charge in [-0.05, 0) is 37.3 Å². The van der Waals surface area contributed by atoms with Gasteiger partial charge in [0.15, 0.2) is 0 Å². The van der Waals surface area contributed by atoms with Crippen LogP contribution in [0.1, 0.15) is 24.8 Å². The zero-order valence-corrected chi connectivity index (χ0v) is 13.1. The van der Waals surface area contributed by atoms with E-state index in [2.05, 4.69) is 5.32 Å². The second-order valence-corrected chi connectivity index (χ2v) is 5.94. The molecule has 1 fully saturated rings. The molecule has 0 aliphatic carbocycles. The molecule has 0 spiro atoms. The fourth-order valence-electron chi connectivity index (χ4n) is 2.62. The lowest BCUT2D eigenvalue weighted by molar-refractivity contribution is -0.120. The third kappa shape index (κ3) is 4.93. The second kappa shape index (κ2) is 8.46. The SMILES string of the molecule is O=C(Cc1c(F)cccc1Cl)NCC[C@@H](O)C1CCOCC1. The summed E-state index contributed by atoms with van der Waals surface area (Å²) in [5.74, 6) is -0.553. The molecule has 0 aromatic heterocycles. The standard InChI is InChI=1S/C16H21ClFNO3/c17-13-2-1-3-14(18)12(13)10-16(21)19-7-4-15(20)11-5-8-22-9-6-11/h1-3,11,15,20H,4-10H2,(H,19,21)/t15-/m1/s1. The summed E-state index contributed by atoms with van der Waals surface area (Å²) in [6, 6.07) is 4.34. The Morgan fingerprint density at radius 3 is 2.86 bits per heavy atom. The average Bonchev–Trinajstić information content (AvgIpc) is 2.52. The van der Waals surface area contributed by atoms with Gasteiger partial charge in [-0.1, -0.05) is 17.7 Å². The molecule has 1 heterocycles. The number of amides is 1. The molecular weight excluding hydrogens is 309 g/mol. The normalized spacial score (nSPS) is 17.2. The van der Waals surface area contributed by atoms with E-state index in [4.69, 9.17) is 16.3 Å². The number of hydrogen-bond acceptors (Lipinski definition) is 3. The Morgan fingerprint density at radius 1 is 1.45 bits per heavy atom. The summed E-state index contributed by atoms with van der Waals surface area (Å²) in [7, 11) is 0. The van der Waals surface area contributed by atoms with Crippen molar-refractivity contribution >= 4 is 17.5 Å². The molecule has 1 aliphatic rings. The summed E-state index contributed by atoms with van der Waals surface area (Å²) in [5.41, 5.74) is 0.201. The van der Waals surface area contributed by atoms with E-state index >= 15 is 0 Å². The van der Waals surface area contributed by atoms with E-state index in [0.29, 0.717) is 26.2 Å². The molecule has 1 aromatic rings. The van der Waals surface area contributed by atoms with Crippen LogP contribution < -0.4 is 5.32 Å². The maximum atomic E-state index is 13.6. The van der Waals surface area contributed by atoms with E-state index in [9.17, 15) is 14.3 Å². The van der Waals surface area contributed by atoms with Crippen molar-refractivity contribution in [3.8, 4) is 0 Å². The van der Waals surface area contributed by atoms with Gasteiger partial charge < -0.3 is 15.2 Å². The van der Waals surface area contributed by atoms with Crippen molar-refractivity contribution in [3.05, 3.63) is 34.6 Å². The van der Waals surface area contributed by atoms with Crippen molar-refractivity contribution in [2.24, 2.45) is 5.92 Å². The Kier molecular flexibility index (Phi) is 6.61. The highest BCUT2D eigenvalue weighted by Crippen LogP contribution is 2.21. The summed E-state index contributed by atoms with van der Waals surface area (Å²) in [5, 5.41) is 13.0. The number of halogens is 2. The van der Waals surface area contributed by atoms with Crippen molar-refractivity contribution in [3.63, 3.8) is 0 Å². The molecule has 0 radical (unpaired) electrons. The van der Waals surface area contributed by atoms with E-state index in [-0.39, 0.29) is 28.8 Å². The van der Waals surface area contributed by atoms with E-state index in [0.717, 1.165) is 12.8 Å². The smallest absolute Gasteiger partial charge is 0.224 e. The molecule has 1 aromatic carbocycles. The topological polar surface area (TPSA) is 58.6 Å². The van der Waals surface area contributed by atoms with Crippen LogP contribution in [0.5, 0.6) is 0 Å². The molecule has 0 saturated carbocycles. The van der Waals surface area contributed by atoms with Gasteiger partial charge in [-0.15, -0.1) is 0 Å². The first kappa shape index (κ1) is 17.2. The van der Waals surface area contributed by atoms with Crippen molar-refractivity contribution in [2.75, 3.05) is 19.8 Å². The minimum Gasteiger partial charge on any atom is -0.393 e. The number of carbonyl (C=O) groups excluding carboxylic acids is 1. The summed E-state index contributed by atoms with van der Waals surface area (Å²) in [4.78, 5) is 11.8. The summed E-state index contributed by atoms with van der Waals surface area (Å²) in [6.07, 6.45) is 1.64. The zero-order valence-electron chi connectivity index (χ0n) is 12.4. The molecule has 1 atom stereocenters. The van der Waals surface area contributed by atoms with Crippen LogP contribution in [0.4, 0.5) is 4.39 Å². The predicted molar refractivity (Wildman–Crippen MR) is 82.3 cm³/mol. The molecule has 122 valence electrons. The first-order valence-corrected chi connectivity index (χ1v) is 7.91. The molecule has 0 unspecified atom stereocenters. The molecule has 6 heteroatoms. The average molecular weight is 330 g/mol. The number of benzene rings is 1. The van der Waals surface area contributed by atoms with Crippen LogP contribution in [0.2, 0.25) is 5.02 Å². The fourth-order valence-corrected chi connectivity index (χ4v) is 2.85. The Balaban J connectivity index is 1.73. The summed E-state index contributed by atoms with van der Waals surface area (Å²) >= 11 is 5.89. The van der Waals surface area contributed by atoms with Gasteiger partial charge in [0.1, 0.15) is 5.82 Å². The van der Waals surface area contributed by atoms with Crippen LogP contribution in [0.25, 0.3) is 0 Å². The molecule has 4 nitrogen and oxygen atoms in total. The number of aliphatic hydroxyl groups excluding tert-OH is 1. The number of rotatable bonds is 6. The highest BCUT2D eigenvalue weighted by Gasteiger charge is 2.22. The van der Waals surface area contributed by atoms with Gasteiger partial charge in [0.25, 0.3) is 0 Å². The van der Waals surface area contributed by atoms with Gasteiger partial charge in [-0.2, -0.15) is 0 Å². The van der Waals surface area contributed by atoms with Crippen LogP contribution in [-0.2, 0) is 16.0 Å². The van der Waals surface area contributed by atoms with Crippen molar-refractivity contribution in [1.82, 2.24) is 5.32 Å². The van der Waals surface area contributed by atoms with E-state index in [1.165, 1.54) is 12.1 Å². The van der Waals surface area contributed by atoms with Gasteiger partial charge in [0.05, 0.1) is 12.5 Å². The molecule has 0 bridgehead atoms. The van der Waals surface area contributed by atoms with Crippen LogP contribution in [-0.4, -0.2) is 36.9 Å². The lowest BCUT2D eigenvalue weighted by Crippen LogP contribution is -2.33. The highest BCUT2D eigenvalue weighted by molar-refractivity contribution is 6.31. The zero-order chi connectivity index (χ0) is 15.9. The third-order valence-electron chi connectivity index (χ3n) is 3.97. The first-order valence-electron chi connectivity index (χ1n) is 7.53. The molecular formula is C16H21ClFNO3. The Morgan fingerprint density at radius 2 is 2.18 bits per heavy atom. The molecule has 1 saturated heterocycles. The summed E-state index contributed by atoms with van der Waals surface area (Å²) < 4.78 is 18.8. The number of aliphatic hydroxyl groups is 1. The van der Waals surface area contributed by atoms with Crippen molar-refractivity contribution in [2.45, 2.75) is 31.8 Å². The predicted octanol–water partition coefficient (Wildman–Crippen LogP) is 2.32. The summed E-state index contributed by atoms with van der Waals surface area (Å²) in [6.45, 7) is 1.73. The van der Waals surface area contributed by atoms with Gasteiger partial charge >= 0.3 is 0 Å². The van der Waals surface area contributed by atoms with E-state index in [1.54, 1.807) is 6.07 Å². The fraction of sp³-hybridized carbons (Fsp3) is 0.562. The van der Waals surface area contributed by atoms with Crippen LogP contribution >= 0.6 is 11.6 Å². The Labute approximate surface area is 134 Å². The van der Waals surface area contributed by atoms with Gasteiger partial charge in [0, 0.05) is 30.3 Å². The largest absolute Gasteiger partial charge is 0.393 e. The molecule has 22 heavy (non-hydrogen) atoms. The molecule has 1 aliphatic heterocycles. The monoisotopic (exact) mass is 329 g/mol. The number of hydrogen-bond donors (Lipinski definition) is 2. The maximum absolute atomic E-state index is 13.6. The number of nitrogens with one attached hydrogen (secondary N) is 1.